The first-order chi connectivity index (χ1) is 14.8. The normalized spacial score (nSPS) is 19.7. The second-order valence-corrected chi connectivity index (χ2v) is 9.45. The molecule has 0 saturated heterocycles. The van der Waals surface area contributed by atoms with Gasteiger partial charge in [-0.2, -0.15) is 0 Å². The second kappa shape index (κ2) is 10.3. The molecule has 0 amide bonds. The summed E-state index contributed by atoms with van der Waals surface area (Å²) >= 11 is 0. The lowest BCUT2D eigenvalue weighted by Crippen LogP contribution is -2.30. The average molecular weight is 421 g/mol. The van der Waals surface area contributed by atoms with Crippen molar-refractivity contribution in [3.8, 4) is 0 Å². The summed E-state index contributed by atoms with van der Waals surface area (Å²) in [6.45, 7) is 7.73. The molecule has 0 fully saturated rings. The monoisotopic (exact) mass is 420 g/mol. The smallest absolute Gasteiger partial charge is 0.163 e. The van der Waals surface area contributed by atoms with Crippen LogP contribution in [-0.4, -0.2) is 17.3 Å². The maximum atomic E-state index is 13.2. The van der Waals surface area contributed by atoms with Gasteiger partial charge in [-0.15, -0.1) is 0 Å². The van der Waals surface area contributed by atoms with E-state index in [1.165, 1.54) is 23.6 Å². The molecule has 0 radical (unpaired) electrons. The van der Waals surface area contributed by atoms with E-state index in [0.29, 0.717) is 6.42 Å². The van der Waals surface area contributed by atoms with Crippen LogP contribution in [0.5, 0.6) is 0 Å². The van der Waals surface area contributed by atoms with Gasteiger partial charge in [-0.3, -0.25) is 14.4 Å². The molecule has 3 atom stereocenters. The Morgan fingerprint density at radius 3 is 2.55 bits per heavy atom. The Morgan fingerprint density at radius 2 is 1.94 bits per heavy atom. The van der Waals surface area contributed by atoms with E-state index in [-0.39, 0.29) is 41.5 Å². The van der Waals surface area contributed by atoms with E-state index in [4.69, 9.17) is 0 Å². The van der Waals surface area contributed by atoms with Gasteiger partial charge in [0.1, 0.15) is 11.6 Å². The lowest BCUT2D eigenvalue weighted by molar-refractivity contribution is -0.129. The largest absolute Gasteiger partial charge is 0.300 e. The van der Waals surface area contributed by atoms with Gasteiger partial charge in [-0.05, 0) is 73.6 Å². The molecule has 0 bridgehead atoms. The molecule has 1 aromatic carbocycles. The van der Waals surface area contributed by atoms with Crippen LogP contribution in [0, 0.1) is 24.7 Å². The highest BCUT2D eigenvalue weighted by atomic mass is 16.1. The first-order valence-corrected chi connectivity index (χ1v) is 11.9. The van der Waals surface area contributed by atoms with Crippen LogP contribution in [-0.2, 0) is 16.0 Å². The molecule has 31 heavy (non-hydrogen) atoms. The molecule has 0 saturated carbocycles. The number of allylic oxidation sites excluding steroid dienone is 4. The Morgan fingerprint density at radius 1 is 1.16 bits per heavy atom. The van der Waals surface area contributed by atoms with E-state index < -0.39 is 0 Å². The molecule has 3 nitrogen and oxygen atoms in total. The van der Waals surface area contributed by atoms with Crippen molar-refractivity contribution in [1.29, 1.82) is 0 Å². The maximum absolute atomic E-state index is 13.2. The highest BCUT2D eigenvalue weighted by Gasteiger charge is 2.34. The van der Waals surface area contributed by atoms with Crippen LogP contribution in [0.4, 0.5) is 0 Å². The third kappa shape index (κ3) is 5.31. The van der Waals surface area contributed by atoms with Crippen LogP contribution in [0.1, 0.15) is 92.8 Å². The highest BCUT2D eigenvalue weighted by molar-refractivity contribution is 6.01. The van der Waals surface area contributed by atoms with Crippen molar-refractivity contribution in [3.05, 3.63) is 52.6 Å². The molecule has 166 valence electrons. The molecule has 0 aromatic heterocycles. The molecule has 3 unspecified atom stereocenters. The molecule has 0 N–H and O–H groups in total. The number of benzene rings is 1. The second-order valence-electron chi connectivity index (χ2n) is 9.45. The predicted octanol–water partition coefficient (Wildman–Crippen LogP) is 6.46. The van der Waals surface area contributed by atoms with E-state index in [1.54, 1.807) is 0 Å². The number of aryl methyl sites for hydroxylation is 1. The van der Waals surface area contributed by atoms with Crippen LogP contribution < -0.4 is 0 Å². The van der Waals surface area contributed by atoms with Gasteiger partial charge in [0.2, 0.25) is 0 Å². The number of carbonyl (C=O) groups excluding carboxylic acids is 3. The Bertz CT molecular complexity index is 918. The standard InChI is InChI=1S/C28H36O3/c1-5-9-22(23(6-2)26(30)14-19(4)29)15-20-16-25-24(21-10-7-8-11-21)13-12-18(3)28(25)27(31)17-20/h7-8,10,12-13,20,22-23H,5-6,9,11,14-17H2,1-4H3. The lowest BCUT2D eigenvalue weighted by Gasteiger charge is -2.32. The SMILES string of the molecule is CCCC(CC1CC(=O)c2c(C)ccc(C3=CC=CC3)c2C1)C(CC)C(=O)CC(C)=O. The number of fused-ring (bicyclic) bond motifs is 1. The zero-order valence-electron chi connectivity index (χ0n) is 19.5. The molecule has 0 aliphatic heterocycles. The molecular weight excluding hydrogens is 384 g/mol. The van der Waals surface area contributed by atoms with E-state index in [0.717, 1.165) is 49.7 Å². The van der Waals surface area contributed by atoms with E-state index in [1.807, 2.05) is 13.8 Å². The number of ketones is 3. The molecule has 2 aliphatic rings. The minimum atomic E-state index is -0.0842. The third-order valence-corrected chi connectivity index (χ3v) is 7.03. The van der Waals surface area contributed by atoms with E-state index in [9.17, 15) is 14.4 Å². The van der Waals surface area contributed by atoms with Crippen LogP contribution in [0.25, 0.3) is 5.57 Å². The summed E-state index contributed by atoms with van der Waals surface area (Å²) in [6.07, 6.45) is 12.4. The summed E-state index contributed by atoms with van der Waals surface area (Å²) in [5.74, 6) is 0.677. The van der Waals surface area contributed by atoms with Crippen molar-refractivity contribution >= 4 is 22.9 Å². The molecule has 2 aliphatic carbocycles. The highest BCUT2D eigenvalue weighted by Crippen LogP contribution is 2.39. The average Bonchev–Trinajstić information content (AvgIpc) is 3.22. The molecular formula is C28H36O3. The Labute approximate surface area is 187 Å². The maximum Gasteiger partial charge on any atom is 0.163 e. The van der Waals surface area contributed by atoms with Crippen molar-refractivity contribution in [2.75, 3.05) is 0 Å². The molecule has 0 heterocycles. The quantitative estimate of drug-likeness (QED) is 0.408. The summed E-state index contributed by atoms with van der Waals surface area (Å²) in [7, 11) is 0. The van der Waals surface area contributed by atoms with Gasteiger partial charge in [0.15, 0.2) is 5.78 Å². The molecule has 1 aromatic rings. The van der Waals surface area contributed by atoms with Gasteiger partial charge in [0.25, 0.3) is 0 Å². The molecule has 3 rings (SSSR count). The lowest BCUT2D eigenvalue weighted by atomic mass is 9.71. The number of hydrogen-bond donors (Lipinski definition) is 0. The fourth-order valence-corrected chi connectivity index (χ4v) is 5.69. The van der Waals surface area contributed by atoms with Crippen molar-refractivity contribution in [2.24, 2.45) is 17.8 Å². The third-order valence-electron chi connectivity index (χ3n) is 7.03. The molecule has 0 spiro atoms. The van der Waals surface area contributed by atoms with Gasteiger partial charge < -0.3 is 0 Å². The summed E-state index contributed by atoms with van der Waals surface area (Å²) in [6, 6.07) is 4.26. The summed E-state index contributed by atoms with van der Waals surface area (Å²) in [5, 5.41) is 0. The number of Topliss-reactive ketones (excluding diaryl/α,β-unsaturated/α-hetero) is 3. The summed E-state index contributed by atoms with van der Waals surface area (Å²) < 4.78 is 0. The first kappa shape index (κ1) is 23.4. The topological polar surface area (TPSA) is 51.2 Å². The van der Waals surface area contributed by atoms with Crippen molar-refractivity contribution in [2.45, 2.75) is 79.1 Å². The zero-order chi connectivity index (χ0) is 22.5. The van der Waals surface area contributed by atoms with Gasteiger partial charge in [-0.25, -0.2) is 0 Å². The van der Waals surface area contributed by atoms with Gasteiger partial charge in [-0.1, -0.05) is 57.0 Å². The number of hydrogen-bond acceptors (Lipinski definition) is 3. The Hall–Kier alpha value is -2.29. The summed E-state index contributed by atoms with van der Waals surface area (Å²) in [5.41, 5.74) is 5.71. The predicted molar refractivity (Wildman–Crippen MR) is 126 cm³/mol. The Balaban J connectivity index is 1.86. The van der Waals surface area contributed by atoms with Crippen LogP contribution in [0.2, 0.25) is 0 Å². The minimum Gasteiger partial charge on any atom is -0.300 e. The van der Waals surface area contributed by atoms with Crippen LogP contribution >= 0.6 is 0 Å². The summed E-state index contributed by atoms with van der Waals surface area (Å²) in [4.78, 5) is 37.5. The Kier molecular flexibility index (Phi) is 7.80. The van der Waals surface area contributed by atoms with Crippen LogP contribution in [0.15, 0.2) is 30.4 Å². The fourth-order valence-electron chi connectivity index (χ4n) is 5.69. The minimum absolute atomic E-state index is 0.0374. The van der Waals surface area contributed by atoms with E-state index in [2.05, 4.69) is 37.3 Å². The van der Waals surface area contributed by atoms with Crippen molar-refractivity contribution in [3.63, 3.8) is 0 Å². The van der Waals surface area contributed by atoms with Crippen molar-refractivity contribution in [1.82, 2.24) is 0 Å². The first-order valence-electron chi connectivity index (χ1n) is 11.9. The van der Waals surface area contributed by atoms with Crippen LogP contribution in [0.3, 0.4) is 0 Å². The number of carbonyl (C=O) groups is 3. The van der Waals surface area contributed by atoms with Gasteiger partial charge in [0.05, 0.1) is 6.42 Å². The fraction of sp³-hybridized carbons (Fsp3) is 0.536. The number of rotatable bonds is 10. The van der Waals surface area contributed by atoms with E-state index >= 15 is 0 Å². The van der Waals surface area contributed by atoms with Gasteiger partial charge >= 0.3 is 0 Å². The molecule has 3 heteroatoms. The van der Waals surface area contributed by atoms with Crippen molar-refractivity contribution < 1.29 is 14.4 Å². The van der Waals surface area contributed by atoms with Gasteiger partial charge in [0, 0.05) is 17.9 Å². The zero-order valence-corrected chi connectivity index (χ0v) is 19.5.